The molecule has 0 unspecified atom stereocenters. The summed E-state index contributed by atoms with van der Waals surface area (Å²) in [6.45, 7) is 1.20. The number of Topliss-reactive ketones (excluding diaryl/α,β-unsaturated/α-hetero) is 1. The molecule has 18 heavy (non-hydrogen) atoms. The minimum Gasteiger partial charge on any atom is -0.300 e. The van der Waals surface area contributed by atoms with Gasteiger partial charge in [0.05, 0.1) is 21.8 Å². The summed E-state index contributed by atoms with van der Waals surface area (Å²) in [5.41, 5.74) is -0.933. The Hall–Kier alpha value is -2.56. The van der Waals surface area contributed by atoms with E-state index in [4.69, 9.17) is 5.26 Å². The van der Waals surface area contributed by atoms with Gasteiger partial charge in [-0.1, -0.05) is 0 Å². The molecular weight excluding hydrogens is 242 g/mol. The highest BCUT2D eigenvalue weighted by molar-refractivity contribution is 5.76. The van der Waals surface area contributed by atoms with Crippen molar-refractivity contribution in [3.63, 3.8) is 0 Å². The van der Waals surface area contributed by atoms with E-state index in [2.05, 4.69) is 0 Å². The molecule has 0 fully saturated rings. The van der Waals surface area contributed by atoms with Gasteiger partial charge in [0, 0.05) is 18.6 Å². The minimum absolute atomic E-state index is 0.322. The third-order valence-electron chi connectivity index (χ3n) is 2.48. The molecule has 8 nitrogen and oxygen atoms in total. The lowest BCUT2D eigenvalue weighted by molar-refractivity contribution is -0.461. The highest BCUT2D eigenvalue weighted by atomic mass is 16.6. The van der Waals surface area contributed by atoms with E-state index in [-0.39, 0.29) is 6.42 Å². The first kappa shape index (κ1) is 13.5. The zero-order valence-corrected chi connectivity index (χ0v) is 9.40. The standard InChI is InChI=1S/C10H9N3O5/c1-6(14)2-8-9(12(15)16)3-7(5-11)4-10(8)13(17)18/h3-4,7-8H,2H2,1H3. The molecule has 1 aliphatic carbocycles. The molecule has 0 aliphatic heterocycles. The van der Waals surface area contributed by atoms with Gasteiger partial charge in [0.1, 0.15) is 11.7 Å². The van der Waals surface area contributed by atoms with Crippen molar-refractivity contribution in [1.29, 1.82) is 5.26 Å². The van der Waals surface area contributed by atoms with E-state index < -0.39 is 38.9 Å². The fourth-order valence-corrected chi connectivity index (χ4v) is 1.75. The lowest BCUT2D eigenvalue weighted by atomic mass is 9.87. The number of rotatable bonds is 4. The van der Waals surface area contributed by atoms with Crippen LogP contribution in [-0.4, -0.2) is 15.6 Å². The smallest absolute Gasteiger partial charge is 0.258 e. The van der Waals surface area contributed by atoms with Gasteiger partial charge in [-0.15, -0.1) is 0 Å². The first-order valence-corrected chi connectivity index (χ1v) is 4.98. The Balaban J connectivity index is 3.26. The lowest BCUT2D eigenvalue weighted by Gasteiger charge is -2.15. The van der Waals surface area contributed by atoms with E-state index >= 15 is 0 Å². The number of hydrogen-bond acceptors (Lipinski definition) is 6. The summed E-state index contributed by atoms with van der Waals surface area (Å²) in [6.07, 6.45) is 1.76. The second-order valence-electron chi connectivity index (χ2n) is 3.81. The van der Waals surface area contributed by atoms with Crippen LogP contribution in [0.2, 0.25) is 0 Å². The molecule has 94 valence electrons. The Morgan fingerprint density at radius 3 is 2.06 bits per heavy atom. The maximum absolute atomic E-state index is 11.0. The van der Waals surface area contributed by atoms with Crippen molar-refractivity contribution in [1.82, 2.24) is 0 Å². The van der Waals surface area contributed by atoms with Crippen molar-refractivity contribution >= 4 is 5.78 Å². The first-order valence-electron chi connectivity index (χ1n) is 4.98. The first-order chi connectivity index (χ1) is 8.36. The van der Waals surface area contributed by atoms with Crippen LogP contribution in [0.4, 0.5) is 0 Å². The van der Waals surface area contributed by atoms with Crippen LogP contribution in [0.5, 0.6) is 0 Å². The summed E-state index contributed by atoms with van der Waals surface area (Å²) >= 11 is 0. The molecule has 0 atom stereocenters. The van der Waals surface area contributed by atoms with E-state index in [9.17, 15) is 25.0 Å². The molecule has 0 bridgehead atoms. The molecule has 0 saturated heterocycles. The van der Waals surface area contributed by atoms with Crippen LogP contribution < -0.4 is 0 Å². The molecule has 1 rings (SSSR count). The number of allylic oxidation sites excluding steroid dienone is 2. The number of nitrogens with zero attached hydrogens (tertiary/aromatic N) is 3. The van der Waals surface area contributed by atoms with Gasteiger partial charge in [0.25, 0.3) is 11.4 Å². The average molecular weight is 251 g/mol. The summed E-state index contributed by atoms with van der Waals surface area (Å²) in [6, 6.07) is 1.70. The Morgan fingerprint density at radius 1 is 1.33 bits per heavy atom. The molecule has 1 aliphatic rings. The van der Waals surface area contributed by atoms with Crippen LogP contribution in [-0.2, 0) is 4.79 Å². The summed E-state index contributed by atoms with van der Waals surface area (Å²) < 4.78 is 0. The minimum atomic E-state index is -1.20. The Bertz CT molecular complexity index is 482. The van der Waals surface area contributed by atoms with Gasteiger partial charge in [-0.3, -0.25) is 25.0 Å². The molecule has 0 amide bonds. The maximum Gasteiger partial charge on any atom is 0.258 e. The molecule has 0 aromatic heterocycles. The largest absolute Gasteiger partial charge is 0.300 e. The van der Waals surface area contributed by atoms with Crippen molar-refractivity contribution in [2.45, 2.75) is 13.3 Å². The molecule has 8 heteroatoms. The quantitative estimate of drug-likeness (QED) is 0.542. The van der Waals surface area contributed by atoms with Crippen molar-refractivity contribution in [3.05, 3.63) is 43.8 Å². The van der Waals surface area contributed by atoms with Crippen molar-refractivity contribution < 1.29 is 14.6 Å². The Kier molecular flexibility index (Phi) is 3.89. The lowest BCUT2D eigenvalue weighted by Crippen LogP contribution is -2.25. The second kappa shape index (κ2) is 5.18. The SMILES string of the molecule is CC(=O)CC1C([N+](=O)[O-])=CC(C#N)C=C1[N+](=O)[O-]. The molecular formula is C10H9N3O5. The van der Waals surface area contributed by atoms with Crippen LogP contribution in [0.1, 0.15) is 13.3 Å². The summed E-state index contributed by atoms with van der Waals surface area (Å²) in [4.78, 5) is 31.2. The Morgan fingerprint density at radius 2 is 1.78 bits per heavy atom. The van der Waals surface area contributed by atoms with Crippen LogP contribution in [0, 0.1) is 43.4 Å². The highest BCUT2D eigenvalue weighted by Crippen LogP contribution is 2.32. The number of carbonyl (C=O) groups excluding carboxylic acids is 1. The Labute approximate surface area is 101 Å². The van der Waals surface area contributed by atoms with E-state index in [1.54, 1.807) is 6.07 Å². The van der Waals surface area contributed by atoms with Gasteiger partial charge in [-0.2, -0.15) is 5.26 Å². The third-order valence-corrected chi connectivity index (χ3v) is 2.48. The number of ketones is 1. The van der Waals surface area contributed by atoms with Gasteiger partial charge in [0.2, 0.25) is 0 Å². The summed E-state index contributed by atoms with van der Waals surface area (Å²) in [5.74, 6) is -2.61. The van der Waals surface area contributed by atoms with Crippen LogP contribution in [0.3, 0.4) is 0 Å². The second-order valence-corrected chi connectivity index (χ2v) is 3.81. The predicted octanol–water partition coefficient (Wildman–Crippen LogP) is 1.06. The van der Waals surface area contributed by atoms with Crippen LogP contribution in [0.25, 0.3) is 0 Å². The van der Waals surface area contributed by atoms with E-state index in [0.29, 0.717) is 0 Å². The molecule has 0 heterocycles. The van der Waals surface area contributed by atoms with E-state index in [1.165, 1.54) is 6.92 Å². The molecule has 0 aromatic rings. The normalized spacial score (nSPS) is 22.4. The molecule has 0 radical (unpaired) electrons. The third kappa shape index (κ3) is 2.76. The fourth-order valence-electron chi connectivity index (χ4n) is 1.75. The summed E-state index contributed by atoms with van der Waals surface area (Å²) in [7, 11) is 0. The van der Waals surface area contributed by atoms with Gasteiger partial charge >= 0.3 is 0 Å². The predicted molar refractivity (Wildman–Crippen MR) is 58.0 cm³/mol. The highest BCUT2D eigenvalue weighted by Gasteiger charge is 2.40. The van der Waals surface area contributed by atoms with Crippen molar-refractivity contribution in [2.75, 3.05) is 0 Å². The topological polar surface area (TPSA) is 127 Å². The average Bonchev–Trinajstić information content (AvgIpc) is 2.27. The van der Waals surface area contributed by atoms with Crippen molar-refractivity contribution in [2.24, 2.45) is 11.8 Å². The van der Waals surface area contributed by atoms with Gasteiger partial charge in [0.15, 0.2) is 0 Å². The number of hydrogen-bond donors (Lipinski definition) is 0. The van der Waals surface area contributed by atoms with Crippen LogP contribution >= 0.6 is 0 Å². The number of nitro groups is 2. The molecule has 0 aromatic carbocycles. The van der Waals surface area contributed by atoms with E-state index in [0.717, 1.165) is 12.2 Å². The maximum atomic E-state index is 11.0. The number of nitriles is 1. The zero-order valence-electron chi connectivity index (χ0n) is 9.40. The summed E-state index contributed by atoms with van der Waals surface area (Å²) in [5, 5.41) is 30.4. The fraction of sp³-hybridized carbons (Fsp3) is 0.400. The van der Waals surface area contributed by atoms with Crippen molar-refractivity contribution in [3.8, 4) is 6.07 Å². The molecule has 0 spiro atoms. The van der Waals surface area contributed by atoms with Gasteiger partial charge in [-0.05, 0) is 6.92 Å². The van der Waals surface area contributed by atoms with Crippen LogP contribution in [0.15, 0.2) is 23.5 Å². The van der Waals surface area contributed by atoms with Gasteiger partial charge in [-0.25, -0.2) is 0 Å². The zero-order chi connectivity index (χ0) is 13.9. The monoisotopic (exact) mass is 251 g/mol. The molecule has 0 N–H and O–H groups in total. The number of carbonyl (C=O) groups is 1. The van der Waals surface area contributed by atoms with Gasteiger partial charge < -0.3 is 0 Å². The van der Waals surface area contributed by atoms with E-state index in [1.807, 2.05) is 0 Å². The molecule has 0 saturated carbocycles.